The molecule has 1 amide bonds. The summed E-state index contributed by atoms with van der Waals surface area (Å²) >= 11 is 1.66. The highest BCUT2D eigenvalue weighted by atomic mass is 32.1. The monoisotopic (exact) mass is 416 g/mol. The van der Waals surface area contributed by atoms with E-state index >= 15 is 0 Å². The van der Waals surface area contributed by atoms with E-state index in [1.54, 1.807) is 22.1 Å². The van der Waals surface area contributed by atoms with Crippen LogP contribution in [-0.2, 0) is 17.8 Å². The molecule has 7 nitrogen and oxygen atoms in total. The van der Waals surface area contributed by atoms with Gasteiger partial charge in [0.15, 0.2) is 0 Å². The van der Waals surface area contributed by atoms with E-state index < -0.39 is 0 Å². The first-order valence-corrected chi connectivity index (χ1v) is 11.1. The number of pyridine rings is 1. The average Bonchev–Trinajstić information content (AvgIpc) is 3.36. The number of thiazole rings is 1. The number of ether oxygens (including phenoxy) is 1. The molecule has 2 aromatic rings. The van der Waals surface area contributed by atoms with Crippen LogP contribution in [0.4, 0.5) is 0 Å². The van der Waals surface area contributed by atoms with Crippen LogP contribution in [0.25, 0.3) is 0 Å². The van der Waals surface area contributed by atoms with Crippen LogP contribution in [0.3, 0.4) is 0 Å². The third-order valence-corrected chi connectivity index (χ3v) is 6.55. The first kappa shape index (κ1) is 20.3. The van der Waals surface area contributed by atoms with E-state index in [0.29, 0.717) is 25.2 Å². The molecule has 29 heavy (non-hydrogen) atoms. The van der Waals surface area contributed by atoms with Crippen LogP contribution in [0.1, 0.15) is 39.5 Å². The van der Waals surface area contributed by atoms with Crippen molar-refractivity contribution >= 4 is 17.2 Å². The molecule has 0 aromatic carbocycles. The van der Waals surface area contributed by atoms with Gasteiger partial charge in [-0.1, -0.05) is 0 Å². The van der Waals surface area contributed by atoms with Gasteiger partial charge in [-0.25, -0.2) is 4.98 Å². The van der Waals surface area contributed by atoms with Crippen molar-refractivity contribution in [2.24, 2.45) is 0 Å². The number of carbonyl (C=O) groups excluding carboxylic acids is 1. The van der Waals surface area contributed by atoms with Crippen molar-refractivity contribution < 1.29 is 9.53 Å². The SMILES string of the molecule is Cc1nc(CN2CCN(C(=O)c3c(C)ccn(CC4CCCO4)c3=O)CC2)cs1. The summed E-state index contributed by atoms with van der Waals surface area (Å²) in [6.07, 6.45) is 3.84. The highest BCUT2D eigenvalue weighted by Gasteiger charge is 2.27. The molecule has 4 rings (SSSR count). The van der Waals surface area contributed by atoms with Gasteiger partial charge in [0.2, 0.25) is 0 Å². The Labute approximate surface area is 174 Å². The zero-order chi connectivity index (χ0) is 20.4. The van der Waals surface area contributed by atoms with Crippen LogP contribution in [0, 0.1) is 13.8 Å². The van der Waals surface area contributed by atoms with E-state index in [4.69, 9.17) is 4.74 Å². The summed E-state index contributed by atoms with van der Waals surface area (Å²) in [6.45, 7) is 8.76. The average molecular weight is 417 g/mol. The van der Waals surface area contributed by atoms with Crippen molar-refractivity contribution in [3.05, 3.63) is 49.8 Å². The lowest BCUT2D eigenvalue weighted by molar-refractivity contribution is 0.0622. The molecule has 2 saturated heterocycles. The van der Waals surface area contributed by atoms with Crippen molar-refractivity contribution in [3.8, 4) is 0 Å². The van der Waals surface area contributed by atoms with Gasteiger partial charge in [0.25, 0.3) is 11.5 Å². The van der Waals surface area contributed by atoms with Gasteiger partial charge in [-0.15, -0.1) is 11.3 Å². The predicted molar refractivity (Wildman–Crippen MR) is 112 cm³/mol. The highest BCUT2D eigenvalue weighted by Crippen LogP contribution is 2.16. The second kappa shape index (κ2) is 8.77. The van der Waals surface area contributed by atoms with Crippen LogP contribution in [0.5, 0.6) is 0 Å². The van der Waals surface area contributed by atoms with Gasteiger partial charge in [-0.05, 0) is 38.3 Å². The second-order valence-corrected chi connectivity index (χ2v) is 8.95. The molecular formula is C21H28N4O3S. The summed E-state index contributed by atoms with van der Waals surface area (Å²) in [6, 6.07) is 1.87. The molecule has 4 heterocycles. The molecule has 0 spiro atoms. The Kier molecular flexibility index (Phi) is 6.12. The highest BCUT2D eigenvalue weighted by molar-refractivity contribution is 7.09. The van der Waals surface area contributed by atoms with E-state index in [0.717, 1.165) is 55.3 Å². The summed E-state index contributed by atoms with van der Waals surface area (Å²) in [5, 5.41) is 3.17. The van der Waals surface area contributed by atoms with Crippen molar-refractivity contribution in [1.82, 2.24) is 19.4 Å². The van der Waals surface area contributed by atoms with E-state index in [1.807, 2.05) is 24.8 Å². The summed E-state index contributed by atoms with van der Waals surface area (Å²) in [7, 11) is 0. The topological polar surface area (TPSA) is 67.7 Å². The first-order chi connectivity index (χ1) is 14.0. The van der Waals surface area contributed by atoms with Crippen molar-refractivity contribution in [3.63, 3.8) is 0 Å². The molecular weight excluding hydrogens is 388 g/mol. The van der Waals surface area contributed by atoms with Crippen molar-refractivity contribution in [2.45, 2.75) is 45.9 Å². The Morgan fingerprint density at radius 3 is 2.72 bits per heavy atom. The number of aryl methyl sites for hydroxylation is 2. The number of hydrogen-bond acceptors (Lipinski definition) is 6. The lowest BCUT2D eigenvalue weighted by Crippen LogP contribution is -2.49. The largest absolute Gasteiger partial charge is 0.376 e. The molecule has 2 aromatic heterocycles. The number of hydrogen-bond donors (Lipinski definition) is 0. The zero-order valence-electron chi connectivity index (χ0n) is 17.1. The minimum atomic E-state index is -0.203. The van der Waals surface area contributed by atoms with Crippen LogP contribution in [0.2, 0.25) is 0 Å². The Bertz CT molecular complexity index is 924. The maximum absolute atomic E-state index is 13.2. The Morgan fingerprint density at radius 2 is 2.07 bits per heavy atom. The number of nitrogens with zero attached hydrogens (tertiary/aromatic N) is 4. The number of piperazine rings is 1. The lowest BCUT2D eigenvalue weighted by atomic mass is 10.1. The molecule has 0 radical (unpaired) electrons. The molecule has 2 aliphatic rings. The molecule has 156 valence electrons. The maximum atomic E-state index is 13.2. The van der Waals surface area contributed by atoms with Gasteiger partial charge in [-0.3, -0.25) is 14.5 Å². The molecule has 8 heteroatoms. The number of amides is 1. The van der Waals surface area contributed by atoms with E-state index in [9.17, 15) is 9.59 Å². The summed E-state index contributed by atoms with van der Waals surface area (Å²) < 4.78 is 7.29. The molecule has 2 aliphatic heterocycles. The maximum Gasteiger partial charge on any atom is 0.263 e. The first-order valence-electron chi connectivity index (χ1n) is 10.3. The van der Waals surface area contributed by atoms with Gasteiger partial charge in [0, 0.05) is 50.9 Å². The zero-order valence-corrected chi connectivity index (χ0v) is 17.9. The van der Waals surface area contributed by atoms with E-state index in [-0.39, 0.29) is 17.6 Å². The smallest absolute Gasteiger partial charge is 0.263 e. The fourth-order valence-electron chi connectivity index (χ4n) is 4.05. The molecule has 0 saturated carbocycles. The minimum Gasteiger partial charge on any atom is -0.376 e. The minimum absolute atomic E-state index is 0.0660. The lowest BCUT2D eigenvalue weighted by Gasteiger charge is -2.34. The molecule has 1 atom stereocenters. The van der Waals surface area contributed by atoms with Crippen LogP contribution < -0.4 is 5.56 Å². The summed E-state index contributed by atoms with van der Waals surface area (Å²) in [5.74, 6) is -0.154. The van der Waals surface area contributed by atoms with Gasteiger partial charge in [0.1, 0.15) is 5.56 Å². The predicted octanol–water partition coefficient (Wildman–Crippen LogP) is 2.06. The van der Waals surface area contributed by atoms with Gasteiger partial charge in [-0.2, -0.15) is 0 Å². The van der Waals surface area contributed by atoms with E-state index in [1.165, 1.54) is 0 Å². The van der Waals surface area contributed by atoms with Crippen LogP contribution in [-0.4, -0.2) is 64.1 Å². The Morgan fingerprint density at radius 1 is 1.28 bits per heavy atom. The number of rotatable bonds is 5. The van der Waals surface area contributed by atoms with Crippen LogP contribution >= 0.6 is 11.3 Å². The molecule has 2 fully saturated rings. The Hall–Kier alpha value is -2.03. The molecule has 0 bridgehead atoms. The summed E-state index contributed by atoms with van der Waals surface area (Å²) in [5.41, 5.74) is 1.92. The van der Waals surface area contributed by atoms with Gasteiger partial charge < -0.3 is 14.2 Å². The normalized spacial score (nSPS) is 20.3. The van der Waals surface area contributed by atoms with Gasteiger partial charge >= 0.3 is 0 Å². The van der Waals surface area contributed by atoms with Crippen molar-refractivity contribution in [2.75, 3.05) is 32.8 Å². The molecule has 0 N–H and O–H groups in total. The number of carbonyl (C=O) groups is 1. The van der Waals surface area contributed by atoms with Gasteiger partial charge in [0.05, 0.1) is 23.4 Å². The molecule has 0 aliphatic carbocycles. The third-order valence-electron chi connectivity index (χ3n) is 5.72. The third kappa shape index (κ3) is 4.60. The summed E-state index contributed by atoms with van der Waals surface area (Å²) in [4.78, 5) is 34.8. The fourth-order valence-corrected chi connectivity index (χ4v) is 4.66. The van der Waals surface area contributed by atoms with E-state index in [2.05, 4.69) is 15.3 Å². The second-order valence-electron chi connectivity index (χ2n) is 7.89. The van der Waals surface area contributed by atoms with Crippen LogP contribution in [0.15, 0.2) is 22.4 Å². The quantitative estimate of drug-likeness (QED) is 0.746. The fraction of sp³-hybridized carbons (Fsp3) is 0.571. The Balaban J connectivity index is 1.42. The van der Waals surface area contributed by atoms with Crippen molar-refractivity contribution in [1.29, 1.82) is 0 Å². The molecule has 1 unspecified atom stereocenters. The number of aromatic nitrogens is 2. The standard InChI is InChI=1S/C21H28N4O3S/c1-15-5-6-25(13-18-4-3-11-28-18)21(27)19(15)20(26)24-9-7-23(8-10-24)12-17-14-29-16(2)22-17/h5-6,14,18H,3-4,7-13H2,1-2H3.